The Balaban J connectivity index is 1.75. The number of hydrazine groups is 1. The molecule has 1 atom stereocenters. The Hall–Kier alpha value is -1.59. The third-order valence-corrected chi connectivity index (χ3v) is 3.08. The highest BCUT2D eigenvalue weighted by molar-refractivity contribution is 6.30. The van der Waals surface area contributed by atoms with Crippen LogP contribution in [0, 0.1) is 0 Å². The van der Waals surface area contributed by atoms with Gasteiger partial charge < -0.3 is 4.74 Å². The predicted molar refractivity (Wildman–Crippen MR) is 70.4 cm³/mol. The van der Waals surface area contributed by atoms with Crippen molar-refractivity contribution < 1.29 is 14.3 Å². The van der Waals surface area contributed by atoms with Crippen molar-refractivity contribution in [1.82, 2.24) is 10.9 Å². The number of ether oxygens (including phenoxy) is 1. The first kappa shape index (κ1) is 13.8. The molecule has 1 unspecified atom stereocenters. The highest BCUT2D eigenvalue weighted by Crippen LogP contribution is 2.11. The van der Waals surface area contributed by atoms with Gasteiger partial charge in [-0.1, -0.05) is 23.7 Å². The van der Waals surface area contributed by atoms with E-state index >= 15 is 0 Å². The molecule has 2 N–H and O–H groups in total. The lowest BCUT2D eigenvalue weighted by molar-refractivity contribution is -0.134. The summed E-state index contributed by atoms with van der Waals surface area (Å²) < 4.78 is 5.20. The third kappa shape index (κ3) is 4.22. The van der Waals surface area contributed by atoms with Crippen LogP contribution in [-0.2, 0) is 20.7 Å². The molecule has 6 heteroatoms. The number of carbonyl (C=O) groups excluding carboxylic acids is 2. The minimum atomic E-state index is -0.448. The summed E-state index contributed by atoms with van der Waals surface area (Å²) in [4.78, 5) is 23.2. The molecule has 0 aliphatic carbocycles. The van der Waals surface area contributed by atoms with E-state index in [1.54, 1.807) is 24.3 Å². The number of rotatable bonds is 3. The van der Waals surface area contributed by atoms with Crippen molar-refractivity contribution in [2.75, 3.05) is 6.61 Å². The Labute approximate surface area is 116 Å². The van der Waals surface area contributed by atoms with Gasteiger partial charge in [0.2, 0.25) is 5.91 Å². The van der Waals surface area contributed by atoms with Crippen molar-refractivity contribution in [2.45, 2.75) is 25.4 Å². The number of hydrogen-bond donors (Lipinski definition) is 2. The molecule has 0 radical (unpaired) electrons. The Morgan fingerprint density at radius 3 is 2.63 bits per heavy atom. The average molecular weight is 283 g/mol. The van der Waals surface area contributed by atoms with Gasteiger partial charge in [-0.05, 0) is 30.5 Å². The molecule has 1 aliphatic heterocycles. The summed E-state index contributed by atoms with van der Waals surface area (Å²) in [5.74, 6) is -0.587. The molecule has 1 aliphatic rings. The van der Waals surface area contributed by atoms with Crippen LogP contribution in [0.4, 0.5) is 0 Å². The minimum absolute atomic E-state index is 0.184. The first-order valence-electron chi connectivity index (χ1n) is 6.10. The maximum atomic E-state index is 11.6. The lowest BCUT2D eigenvalue weighted by Gasteiger charge is -2.11. The first-order chi connectivity index (χ1) is 9.15. The SMILES string of the molecule is O=C(Cc1ccc(Cl)cc1)NNC(=O)C1CCCO1. The predicted octanol–water partition coefficient (Wildman–Crippen LogP) is 1.21. The maximum absolute atomic E-state index is 11.6. The smallest absolute Gasteiger partial charge is 0.267 e. The second kappa shape index (κ2) is 6.54. The van der Waals surface area contributed by atoms with E-state index in [9.17, 15) is 9.59 Å². The van der Waals surface area contributed by atoms with E-state index in [0.29, 0.717) is 18.1 Å². The molecule has 1 heterocycles. The number of benzene rings is 1. The van der Waals surface area contributed by atoms with Gasteiger partial charge in [0.1, 0.15) is 6.10 Å². The fourth-order valence-corrected chi connectivity index (χ4v) is 1.95. The van der Waals surface area contributed by atoms with Crippen molar-refractivity contribution in [1.29, 1.82) is 0 Å². The van der Waals surface area contributed by atoms with E-state index < -0.39 is 6.10 Å². The maximum Gasteiger partial charge on any atom is 0.267 e. The number of carbonyl (C=O) groups is 2. The van der Waals surface area contributed by atoms with E-state index in [0.717, 1.165) is 12.0 Å². The Morgan fingerprint density at radius 2 is 2.00 bits per heavy atom. The van der Waals surface area contributed by atoms with Crippen LogP contribution in [0.2, 0.25) is 5.02 Å². The van der Waals surface area contributed by atoms with E-state index in [2.05, 4.69) is 10.9 Å². The lowest BCUT2D eigenvalue weighted by Crippen LogP contribution is -2.46. The van der Waals surface area contributed by atoms with E-state index in [-0.39, 0.29) is 18.2 Å². The highest BCUT2D eigenvalue weighted by Gasteiger charge is 2.23. The summed E-state index contributed by atoms with van der Waals surface area (Å²) >= 11 is 5.75. The second-order valence-electron chi connectivity index (χ2n) is 4.34. The van der Waals surface area contributed by atoms with Crippen LogP contribution in [0.15, 0.2) is 24.3 Å². The lowest BCUT2D eigenvalue weighted by atomic mass is 10.1. The van der Waals surface area contributed by atoms with Crippen LogP contribution in [0.25, 0.3) is 0 Å². The number of halogens is 1. The van der Waals surface area contributed by atoms with Gasteiger partial charge in [-0.15, -0.1) is 0 Å². The van der Waals surface area contributed by atoms with Crippen molar-refractivity contribution in [3.63, 3.8) is 0 Å². The van der Waals surface area contributed by atoms with Gasteiger partial charge in [-0.2, -0.15) is 0 Å². The molecule has 0 bridgehead atoms. The Bertz CT molecular complexity index is 455. The quantitative estimate of drug-likeness (QED) is 0.819. The molecule has 19 heavy (non-hydrogen) atoms. The molecule has 0 spiro atoms. The van der Waals surface area contributed by atoms with Crippen LogP contribution in [0.3, 0.4) is 0 Å². The first-order valence-corrected chi connectivity index (χ1v) is 6.47. The summed E-state index contributed by atoms with van der Waals surface area (Å²) in [6.07, 6.45) is 1.30. The van der Waals surface area contributed by atoms with E-state index in [1.807, 2.05) is 0 Å². The van der Waals surface area contributed by atoms with E-state index in [4.69, 9.17) is 16.3 Å². The largest absolute Gasteiger partial charge is 0.368 e. The zero-order valence-electron chi connectivity index (χ0n) is 10.3. The summed E-state index contributed by atoms with van der Waals surface area (Å²) in [6.45, 7) is 0.594. The molecular weight excluding hydrogens is 268 g/mol. The van der Waals surface area contributed by atoms with Gasteiger partial charge in [-0.3, -0.25) is 20.4 Å². The minimum Gasteiger partial charge on any atom is -0.368 e. The number of amides is 2. The van der Waals surface area contributed by atoms with Crippen molar-refractivity contribution in [3.8, 4) is 0 Å². The van der Waals surface area contributed by atoms with Gasteiger partial charge in [0.05, 0.1) is 6.42 Å². The van der Waals surface area contributed by atoms with Crippen LogP contribution >= 0.6 is 11.6 Å². The Morgan fingerprint density at radius 1 is 1.26 bits per heavy atom. The molecule has 102 valence electrons. The highest BCUT2D eigenvalue weighted by atomic mass is 35.5. The fourth-order valence-electron chi connectivity index (χ4n) is 1.83. The van der Waals surface area contributed by atoms with Gasteiger partial charge in [0.15, 0.2) is 0 Å². The van der Waals surface area contributed by atoms with Gasteiger partial charge in [0, 0.05) is 11.6 Å². The van der Waals surface area contributed by atoms with Crippen molar-refractivity contribution >= 4 is 23.4 Å². The zero-order valence-corrected chi connectivity index (χ0v) is 11.1. The molecular formula is C13H15ClN2O3. The molecule has 2 amide bonds. The molecule has 2 rings (SSSR count). The molecule has 1 aromatic carbocycles. The van der Waals surface area contributed by atoms with Crippen LogP contribution in [0.1, 0.15) is 18.4 Å². The van der Waals surface area contributed by atoms with Gasteiger partial charge in [-0.25, -0.2) is 0 Å². The molecule has 1 fully saturated rings. The standard InChI is InChI=1S/C13H15ClN2O3/c14-10-5-3-9(4-6-10)8-12(17)15-16-13(18)11-2-1-7-19-11/h3-6,11H,1-2,7-8H2,(H,15,17)(H,16,18). The van der Waals surface area contributed by atoms with Crippen LogP contribution < -0.4 is 10.9 Å². The summed E-state index contributed by atoms with van der Waals surface area (Å²) in [6, 6.07) is 6.97. The Kier molecular flexibility index (Phi) is 4.76. The van der Waals surface area contributed by atoms with Crippen molar-refractivity contribution in [2.24, 2.45) is 0 Å². The molecule has 1 aromatic rings. The molecule has 0 aromatic heterocycles. The van der Waals surface area contributed by atoms with Crippen LogP contribution in [0.5, 0.6) is 0 Å². The van der Waals surface area contributed by atoms with Gasteiger partial charge >= 0.3 is 0 Å². The van der Waals surface area contributed by atoms with Gasteiger partial charge in [0.25, 0.3) is 5.91 Å². The van der Waals surface area contributed by atoms with Crippen LogP contribution in [-0.4, -0.2) is 24.5 Å². The number of nitrogens with one attached hydrogen (secondary N) is 2. The second-order valence-corrected chi connectivity index (χ2v) is 4.78. The number of hydrogen-bond acceptors (Lipinski definition) is 3. The van der Waals surface area contributed by atoms with Crippen molar-refractivity contribution in [3.05, 3.63) is 34.9 Å². The average Bonchev–Trinajstić information content (AvgIpc) is 2.93. The molecule has 0 saturated carbocycles. The third-order valence-electron chi connectivity index (χ3n) is 2.83. The fraction of sp³-hybridized carbons (Fsp3) is 0.385. The summed E-state index contributed by atoms with van der Waals surface area (Å²) in [5, 5.41) is 0.621. The summed E-state index contributed by atoms with van der Waals surface area (Å²) in [5.41, 5.74) is 5.56. The molecule has 1 saturated heterocycles. The molecule has 5 nitrogen and oxygen atoms in total. The normalized spacial score (nSPS) is 18.1. The summed E-state index contributed by atoms with van der Waals surface area (Å²) in [7, 11) is 0. The van der Waals surface area contributed by atoms with E-state index in [1.165, 1.54) is 0 Å². The zero-order chi connectivity index (χ0) is 13.7. The monoisotopic (exact) mass is 282 g/mol. The topological polar surface area (TPSA) is 67.4 Å².